The second-order valence-corrected chi connectivity index (χ2v) is 5.35. The Hall–Kier alpha value is -2.86. The number of ether oxygens (including phenoxy) is 2. The van der Waals surface area contributed by atoms with Crippen LogP contribution in [-0.2, 0) is 22.7 Å². The molecule has 0 radical (unpaired) electrons. The van der Waals surface area contributed by atoms with E-state index in [0.717, 1.165) is 11.1 Å². The van der Waals surface area contributed by atoms with Crippen LogP contribution in [0, 0.1) is 0 Å². The van der Waals surface area contributed by atoms with E-state index in [-0.39, 0.29) is 5.91 Å². The summed E-state index contributed by atoms with van der Waals surface area (Å²) in [6, 6.07) is 14.3. The summed E-state index contributed by atoms with van der Waals surface area (Å²) in [6.07, 6.45) is 0. The van der Waals surface area contributed by atoms with Crippen molar-refractivity contribution in [1.82, 2.24) is 5.32 Å². The average Bonchev–Trinajstić information content (AvgIpc) is 2.63. The molecule has 6 nitrogen and oxygen atoms in total. The van der Waals surface area contributed by atoms with Gasteiger partial charge in [-0.3, -0.25) is 4.79 Å². The molecule has 132 valence electrons. The van der Waals surface area contributed by atoms with Crippen molar-refractivity contribution < 1.29 is 24.2 Å². The van der Waals surface area contributed by atoms with E-state index in [9.17, 15) is 9.59 Å². The third-order valence-electron chi connectivity index (χ3n) is 3.41. The number of carbonyl (C=O) groups excluding carboxylic acids is 1. The van der Waals surface area contributed by atoms with Gasteiger partial charge < -0.3 is 19.9 Å². The number of nitrogens with one attached hydrogen (secondary N) is 1. The van der Waals surface area contributed by atoms with E-state index in [4.69, 9.17) is 14.6 Å². The molecule has 6 heteroatoms. The van der Waals surface area contributed by atoms with Crippen molar-refractivity contribution in [3.63, 3.8) is 0 Å². The van der Waals surface area contributed by atoms with Crippen LogP contribution >= 0.6 is 0 Å². The fraction of sp³-hybridized carbons (Fsp3) is 0.263. The number of carboxylic acids is 1. The zero-order valence-electron chi connectivity index (χ0n) is 14.0. The van der Waals surface area contributed by atoms with Crippen LogP contribution in [0.5, 0.6) is 5.75 Å². The first-order chi connectivity index (χ1) is 12.1. The Kier molecular flexibility index (Phi) is 6.98. The average molecular weight is 343 g/mol. The fourth-order valence-electron chi connectivity index (χ4n) is 2.13. The largest absolute Gasteiger partial charge is 0.482 e. The van der Waals surface area contributed by atoms with E-state index >= 15 is 0 Å². The minimum Gasteiger partial charge on any atom is -0.482 e. The Morgan fingerprint density at radius 1 is 1.08 bits per heavy atom. The molecule has 0 atom stereocenters. The number of rotatable bonds is 9. The smallest absolute Gasteiger partial charge is 0.341 e. The molecule has 0 aliphatic carbocycles. The minimum absolute atomic E-state index is 0.251. The number of aliphatic carboxylic acids is 1. The molecule has 0 heterocycles. The standard InChI is InChI=1S/C19H21NO5/c1-2-24-12-15-8-6-14(7-9-15)11-20-19(23)16-4-3-5-17(10-16)25-13-18(21)22/h3-10H,2,11-13H2,1H3,(H,20,23)(H,21,22). The van der Waals surface area contributed by atoms with Gasteiger partial charge in [0.25, 0.3) is 5.91 Å². The Morgan fingerprint density at radius 2 is 1.80 bits per heavy atom. The molecule has 0 fully saturated rings. The minimum atomic E-state index is -1.07. The quantitative estimate of drug-likeness (QED) is 0.731. The highest BCUT2D eigenvalue weighted by Gasteiger charge is 2.07. The molecule has 0 aliphatic heterocycles. The van der Waals surface area contributed by atoms with Gasteiger partial charge in [-0.25, -0.2) is 4.79 Å². The number of amides is 1. The second-order valence-electron chi connectivity index (χ2n) is 5.35. The highest BCUT2D eigenvalue weighted by molar-refractivity contribution is 5.94. The molecule has 2 aromatic rings. The van der Waals surface area contributed by atoms with Crippen molar-refractivity contribution >= 4 is 11.9 Å². The third-order valence-corrected chi connectivity index (χ3v) is 3.41. The first-order valence-electron chi connectivity index (χ1n) is 7.97. The summed E-state index contributed by atoms with van der Waals surface area (Å²) in [5.74, 6) is -0.975. The van der Waals surface area contributed by atoms with Crippen LogP contribution in [-0.4, -0.2) is 30.2 Å². The maximum absolute atomic E-state index is 12.2. The number of carbonyl (C=O) groups is 2. The summed E-state index contributed by atoms with van der Waals surface area (Å²) in [6.45, 7) is 3.15. The van der Waals surface area contributed by atoms with E-state index in [1.165, 1.54) is 6.07 Å². The highest BCUT2D eigenvalue weighted by atomic mass is 16.5. The molecule has 2 rings (SSSR count). The van der Waals surface area contributed by atoms with Gasteiger partial charge in [0.1, 0.15) is 5.75 Å². The Bertz CT molecular complexity index is 712. The Labute approximate surface area is 146 Å². The van der Waals surface area contributed by atoms with Gasteiger partial charge in [-0.05, 0) is 36.2 Å². The summed E-state index contributed by atoms with van der Waals surface area (Å²) >= 11 is 0. The van der Waals surface area contributed by atoms with Crippen LogP contribution in [0.15, 0.2) is 48.5 Å². The summed E-state index contributed by atoms with van der Waals surface area (Å²) in [7, 11) is 0. The SMILES string of the molecule is CCOCc1ccc(CNC(=O)c2cccc(OCC(=O)O)c2)cc1. The number of carboxylic acid groups (broad SMARTS) is 1. The van der Waals surface area contributed by atoms with Gasteiger partial charge in [0.05, 0.1) is 6.61 Å². The van der Waals surface area contributed by atoms with E-state index in [0.29, 0.717) is 31.1 Å². The van der Waals surface area contributed by atoms with Gasteiger partial charge in [0.15, 0.2) is 6.61 Å². The molecule has 2 N–H and O–H groups in total. The molecule has 0 aromatic heterocycles. The predicted octanol–water partition coefficient (Wildman–Crippen LogP) is 2.62. The summed E-state index contributed by atoms with van der Waals surface area (Å²) in [5, 5.41) is 11.4. The zero-order valence-corrected chi connectivity index (χ0v) is 14.0. The first kappa shape index (κ1) is 18.5. The molecule has 0 spiro atoms. The van der Waals surface area contributed by atoms with Crippen molar-refractivity contribution in [2.45, 2.75) is 20.1 Å². The second kappa shape index (κ2) is 9.44. The van der Waals surface area contributed by atoms with Gasteiger partial charge in [-0.2, -0.15) is 0 Å². The maximum Gasteiger partial charge on any atom is 0.341 e. The van der Waals surface area contributed by atoms with Crippen LogP contribution in [0.3, 0.4) is 0 Å². The highest BCUT2D eigenvalue weighted by Crippen LogP contribution is 2.13. The number of hydrogen-bond donors (Lipinski definition) is 2. The zero-order chi connectivity index (χ0) is 18.1. The van der Waals surface area contributed by atoms with Crippen LogP contribution in [0.25, 0.3) is 0 Å². The van der Waals surface area contributed by atoms with Crippen LogP contribution in [0.1, 0.15) is 28.4 Å². The topological polar surface area (TPSA) is 84.9 Å². The van der Waals surface area contributed by atoms with E-state index in [1.807, 2.05) is 31.2 Å². The summed E-state index contributed by atoms with van der Waals surface area (Å²) in [4.78, 5) is 22.7. The van der Waals surface area contributed by atoms with Gasteiger partial charge in [-0.1, -0.05) is 30.3 Å². The summed E-state index contributed by atoms with van der Waals surface area (Å²) in [5.41, 5.74) is 2.47. The maximum atomic E-state index is 12.2. The van der Waals surface area contributed by atoms with Crippen molar-refractivity contribution in [3.05, 3.63) is 65.2 Å². The first-order valence-corrected chi connectivity index (χ1v) is 7.97. The van der Waals surface area contributed by atoms with Crippen LogP contribution in [0.4, 0.5) is 0 Å². The lowest BCUT2D eigenvalue weighted by Crippen LogP contribution is -2.22. The van der Waals surface area contributed by atoms with Gasteiger partial charge >= 0.3 is 5.97 Å². The van der Waals surface area contributed by atoms with Crippen molar-refractivity contribution in [2.24, 2.45) is 0 Å². The molecule has 0 bridgehead atoms. The lowest BCUT2D eigenvalue weighted by atomic mass is 10.1. The van der Waals surface area contributed by atoms with E-state index in [1.54, 1.807) is 18.2 Å². The normalized spacial score (nSPS) is 10.3. The molecule has 2 aromatic carbocycles. The predicted molar refractivity (Wildman–Crippen MR) is 92.5 cm³/mol. The number of benzene rings is 2. The van der Waals surface area contributed by atoms with Crippen LogP contribution in [0.2, 0.25) is 0 Å². The summed E-state index contributed by atoms with van der Waals surface area (Å²) < 4.78 is 10.4. The monoisotopic (exact) mass is 343 g/mol. The van der Waals surface area contributed by atoms with E-state index < -0.39 is 12.6 Å². The van der Waals surface area contributed by atoms with Crippen molar-refractivity contribution in [3.8, 4) is 5.75 Å². The van der Waals surface area contributed by atoms with Crippen molar-refractivity contribution in [1.29, 1.82) is 0 Å². The third kappa shape index (κ3) is 6.27. The molecule has 0 saturated carbocycles. The van der Waals surface area contributed by atoms with Crippen LogP contribution < -0.4 is 10.1 Å². The van der Waals surface area contributed by atoms with E-state index in [2.05, 4.69) is 5.32 Å². The molecule has 1 amide bonds. The lowest BCUT2D eigenvalue weighted by molar-refractivity contribution is -0.139. The van der Waals surface area contributed by atoms with Gasteiger partial charge in [0.2, 0.25) is 0 Å². The molecular formula is C19H21NO5. The lowest BCUT2D eigenvalue weighted by Gasteiger charge is -2.08. The molecule has 0 saturated heterocycles. The molecular weight excluding hydrogens is 322 g/mol. The number of hydrogen-bond acceptors (Lipinski definition) is 4. The molecule has 0 unspecified atom stereocenters. The molecule has 0 aliphatic rings. The molecule has 25 heavy (non-hydrogen) atoms. The van der Waals surface area contributed by atoms with Gasteiger partial charge in [0, 0.05) is 18.7 Å². The van der Waals surface area contributed by atoms with Gasteiger partial charge in [-0.15, -0.1) is 0 Å². The Morgan fingerprint density at radius 3 is 2.48 bits per heavy atom. The van der Waals surface area contributed by atoms with Crippen molar-refractivity contribution in [2.75, 3.05) is 13.2 Å². The Balaban J connectivity index is 1.89. The fourth-order valence-corrected chi connectivity index (χ4v) is 2.13.